The van der Waals surface area contributed by atoms with E-state index in [9.17, 15) is 4.79 Å². The number of hydrogen-bond acceptors (Lipinski definition) is 6. The summed E-state index contributed by atoms with van der Waals surface area (Å²) in [5, 5.41) is 12.4. The molecule has 0 radical (unpaired) electrons. The molecule has 108 valence electrons. The largest absolute Gasteiger partial charge is 0.494 e. The van der Waals surface area contributed by atoms with Gasteiger partial charge in [-0.05, 0) is 26.0 Å². The summed E-state index contributed by atoms with van der Waals surface area (Å²) < 4.78 is 12.0. The SMILES string of the molecule is CCOC(=O)c1cnn2c1nnc1ccc(OCC)cc12. The predicted octanol–water partition coefficient (Wildman–Crippen LogP) is 1.85. The number of nitrogens with zero attached hydrogens (tertiary/aromatic N) is 4. The second-order valence-electron chi connectivity index (χ2n) is 4.30. The van der Waals surface area contributed by atoms with E-state index in [0.717, 1.165) is 5.52 Å². The zero-order chi connectivity index (χ0) is 14.8. The molecule has 1 aromatic carbocycles. The van der Waals surface area contributed by atoms with E-state index in [1.165, 1.54) is 6.20 Å². The van der Waals surface area contributed by atoms with Gasteiger partial charge >= 0.3 is 5.97 Å². The Kier molecular flexibility index (Phi) is 3.39. The van der Waals surface area contributed by atoms with Crippen LogP contribution in [0.5, 0.6) is 5.75 Å². The van der Waals surface area contributed by atoms with Crippen LogP contribution in [0, 0.1) is 0 Å². The Morgan fingerprint density at radius 1 is 1.24 bits per heavy atom. The molecule has 0 aliphatic rings. The number of esters is 1. The van der Waals surface area contributed by atoms with E-state index in [0.29, 0.717) is 35.7 Å². The topological polar surface area (TPSA) is 78.6 Å². The van der Waals surface area contributed by atoms with Crippen LogP contribution in [-0.4, -0.2) is 39.0 Å². The number of carbonyl (C=O) groups is 1. The first-order valence-corrected chi connectivity index (χ1v) is 6.68. The molecule has 0 saturated carbocycles. The molecule has 3 rings (SSSR count). The van der Waals surface area contributed by atoms with Crippen molar-refractivity contribution < 1.29 is 14.3 Å². The molecule has 2 aromatic heterocycles. The molecule has 7 heteroatoms. The molecule has 0 fully saturated rings. The van der Waals surface area contributed by atoms with E-state index >= 15 is 0 Å². The Hall–Kier alpha value is -2.70. The molecule has 2 heterocycles. The van der Waals surface area contributed by atoms with Gasteiger partial charge in [0, 0.05) is 6.07 Å². The molecule has 0 bridgehead atoms. The van der Waals surface area contributed by atoms with E-state index < -0.39 is 5.97 Å². The number of ether oxygens (including phenoxy) is 2. The van der Waals surface area contributed by atoms with Crippen molar-refractivity contribution in [1.82, 2.24) is 19.8 Å². The third-order valence-corrected chi connectivity index (χ3v) is 2.98. The summed E-state index contributed by atoms with van der Waals surface area (Å²) in [7, 11) is 0. The van der Waals surface area contributed by atoms with Gasteiger partial charge in [-0.1, -0.05) is 0 Å². The quantitative estimate of drug-likeness (QED) is 0.681. The monoisotopic (exact) mass is 286 g/mol. The van der Waals surface area contributed by atoms with Gasteiger partial charge in [-0.3, -0.25) is 0 Å². The number of carbonyl (C=O) groups excluding carboxylic acids is 1. The Labute approximate surface area is 120 Å². The molecule has 3 aromatic rings. The minimum atomic E-state index is -0.456. The van der Waals surface area contributed by atoms with Crippen molar-refractivity contribution in [2.75, 3.05) is 13.2 Å². The number of hydrogen-bond donors (Lipinski definition) is 0. The van der Waals surface area contributed by atoms with E-state index in [1.807, 2.05) is 19.1 Å². The molecule has 0 aliphatic heterocycles. The van der Waals surface area contributed by atoms with Gasteiger partial charge in [0.25, 0.3) is 0 Å². The summed E-state index contributed by atoms with van der Waals surface area (Å²) in [5.74, 6) is 0.259. The Morgan fingerprint density at radius 3 is 2.86 bits per heavy atom. The van der Waals surface area contributed by atoms with Crippen molar-refractivity contribution in [2.24, 2.45) is 0 Å². The molecule has 21 heavy (non-hydrogen) atoms. The number of aromatic nitrogens is 4. The molecule has 0 unspecified atom stereocenters. The Morgan fingerprint density at radius 2 is 2.10 bits per heavy atom. The van der Waals surface area contributed by atoms with Crippen LogP contribution >= 0.6 is 0 Å². The Balaban J connectivity index is 2.19. The zero-order valence-corrected chi connectivity index (χ0v) is 11.7. The third-order valence-electron chi connectivity index (χ3n) is 2.98. The maximum atomic E-state index is 11.9. The third kappa shape index (κ3) is 2.26. The van der Waals surface area contributed by atoms with E-state index in [-0.39, 0.29) is 0 Å². The average Bonchev–Trinajstić information content (AvgIpc) is 2.92. The van der Waals surface area contributed by atoms with Crippen molar-refractivity contribution in [1.29, 1.82) is 0 Å². The van der Waals surface area contributed by atoms with Crippen molar-refractivity contribution in [3.63, 3.8) is 0 Å². The summed E-state index contributed by atoms with van der Waals surface area (Å²) in [5.41, 5.74) is 2.06. The van der Waals surface area contributed by atoms with Crippen LogP contribution in [-0.2, 0) is 4.74 Å². The minimum absolute atomic E-state index is 0.297. The number of fused-ring (bicyclic) bond motifs is 3. The number of benzene rings is 1. The van der Waals surface area contributed by atoms with Gasteiger partial charge in [0.05, 0.1) is 24.9 Å². The van der Waals surface area contributed by atoms with Gasteiger partial charge in [0.1, 0.15) is 16.8 Å². The summed E-state index contributed by atoms with van der Waals surface area (Å²) in [6, 6.07) is 5.45. The summed E-state index contributed by atoms with van der Waals surface area (Å²) in [6.45, 7) is 4.53. The predicted molar refractivity (Wildman–Crippen MR) is 75.4 cm³/mol. The van der Waals surface area contributed by atoms with Gasteiger partial charge in [0.2, 0.25) is 0 Å². The van der Waals surface area contributed by atoms with Gasteiger partial charge in [-0.25, -0.2) is 9.31 Å². The smallest absolute Gasteiger partial charge is 0.343 e. The first-order chi connectivity index (χ1) is 10.2. The zero-order valence-electron chi connectivity index (χ0n) is 11.7. The molecule has 0 atom stereocenters. The van der Waals surface area contributed by atoms with Crippen LogP contribution in [0.4, 0.5) is 0 Å². The van der Waals surface area contributed by atoms with Crippen LogP contribution in [0.25, 0.3) is 16.7 Å². The van der Waals surface area contributed by atoms with E-state index in [4.69, 9.17) is 9.47 Å². The highest BCUT2D eigenvalue weighted by atomic mass is 16.5. The molecule has 0 spiro atoms. The highest BCUT2D eigenvalue weighted by molar-refractivity contribution is 5.96. The standard InChI is InChI=1S/C14H14N4O3/c1-3-20-9-5-6-11-12(7-9)18-13(17-16-11)10(8-15-18)14(19)21-4-2/h5-8H,3-4H2,1-2H3. The van der Waals surface area contributed by atoms with Gasteiger partial charge in [-0.2, -0.15) is 5.10 Å². The van der Waals surface area contributed by atoms with Crippen molar-refractivity contribution in [3.05, 3.63) is 30.0 Å². The van der Waals surface area contributed by atoms with Crippen LogP contribution in [0.2, 0.25) is 0 Å². The molecule has 0 N–H and O–H groups in total. The lowest BCUT2D eigenvalue weighted by molar-refractivity contribution is 0.0528. The van der Waals surface area contributed by atoms with Crippen LogP contribution in [0.1, 0.15) is 24.2 Å². The molecule has 0 aliphatic carbocycles. The highest BCUT2D eigenvalue weighted by Gasteiger charge is 2.17. The lowest BCUT2D eigenvalue weighted by atomic mass is 10.3. The fraction of sp³-hybridized carbons (Fsp3) is 0.286. The minimum Gasteiger partial charge on any atom is -0.494 e. The molecular formula is C14H14N4O3. The summed E-state index contributed by atoms with van der Waals surface area (Å²) in [4.78, 5) is 11.9. The summed E-state index contributed by atoms with van der Waals surface area (Å²) in [6.07, 6.45) is 1.44. The van der Waals surface area contributed by atoms with Gasteiger partial charge < -0.3 is 9.47 Å². The average molecular weight is 286 g/mol. The Bertz CT molecular complexity index is 812. The van der Waals surface area contributed by atoms with Gasteiger partial charge in [0.15, 0.2) is 5.65 Å². The van der Waals surface area contributed by atoms with E-state index in [2.05, 4.69) is 15.3 Å². The summed E-state index contributed by atoms with van der Waals surface area (Å²) >= 11 is 0. The molecule has 7 nitrogen and oxygen atoms in total. The first kappa shape index (κ1) is 13.3. The van der Waals surface area contributed by atoms with Crippen LogP contribution < -0.4 is 4.74 Å². The van der Waals surface area contributed by atoms with Crippen molar-refractivity contribution >= 4 is 22.6 Å². The maximum Gasteiger partial charge on any atom is 0.343 e. The van der Waals surface area contributed by atoms with Crippen molar-refractivity contribution in [3.8, 4) is 5.75 Å². The second-order valence-corrected chi connectivity index (χ2v) is 4.30. The van der Waals surface area contributed by atoms with Gasteiger partial charge in [-0.15, -0.1) is 10.2 Å². The van der Waals surface area contributed by atoms with Crippen LogP contribution in [0.3, 0.4) is 0 Å². The lowest BCUT2D eigenvalue weighted by Gasteiger charge is -2.05. The van der Waals surface area contributed by atoms with Crippen LogP contribution in [0.15, 0.2) is 24.4 Å². The number of rotatable bonds is 4. The molecular weight excluding hydrogens is 272 g/mol. The highest BCUT2D eigenvalue weighted by Crippen LogP contribution is 2.21. The lowest BCUT2D eigenvalue weighted by Crippen LogP contribution is -2.06. The van der Waals surface area contributed by atoms with E-state index in [1.54, 1.807) is 17.5 Å². The van der Waals surface area contributed by atoms with Crippen molar-refractivity contribution in [2.45, 2.75) is 13.8 Å². The molecule has 0 amide bonds. The fourth-order valence-electron chi connectivity index (χ4n) is 2.08. The fourth-order valence-corrected chi connectivity index (χ4v) is 2.08. The maximum absolute atomic E-state index is 11.9. The molecule has 0 saturated heterocycles. The first-order valence-electron chi connectivity index (χ1n) is 6.68. The second kappa shape index (κ2) is 5.35. The normalized spacial score (nSPS) is 11.0.